The van der Waals surface area contributed by atoms with Gasteiger partial charge in [0, 0.05) is 5.56 Å². The third kappa shape index (κ3) is 2.17. The molecule has 0 fully saturated rings. The number of hydrogen-bond donors (Lipinski definition) is 1. The first kappa shape index (κ1) is 13.1. The Bertz CT molecular complexity index is 759. The molecule has 1 amide bonds. The van der Waals surface area contributed by atoms with Gasteiger partial charge in [-0.05, 0) is 24.3 Å². The number of anilines is 1. The summed E-state index contributed by atoms with van der Waals surface area (Å²) in [7, 11) is 0. The van der Waals surface area contributed by atoms with Crippen LogP contribution in [0.4, 0.5) is 10.1 Å². The van der Waals surface area contributed by atoms with Gasteiger partial charge in [0.1, 0.15) is 16.7 Å². The number of hydrogen-bond acceptors (Lipinski definition) is 2. The molecule has 100 valence electrons. The van der Waals surface area contributed by atoms with Crippen molar-refractivity contribution < 1.29 is 9.18 Å². The van der Waals surface area contributed by atoms with Gasteiger partial charge in [-0.1, -0.05) is 35.3 Å². The van der Waals surface area contributed by atoms with Crippen LogP contribution in [0, 0.1) is 5.82 Å². The lowest BCUT2D eigenvalue weighted by atomic mass is 10.1. The number of carbonyl (C=O) groups excluding carboxylic acids is 1. The normalized spacial score (nSPS) is 15.3. The molecular weight excluding hydrogens is 302 g/mol. The number of halogens is 3. The standard InChI is InChI=1S/C14H7Cl2FN2O/c15-9-3-1-2-7(12(9)17)6-8-13-10(18-14(8)20)4-5-11(16)19-13/h1-6H,(H,18,20)/b8-6+. The van der Waals surface area contributed by atoms with E-state index in [1.54, 1.807) is 18.2 Å². The van der Waals surface area contributed by atoms with E-state index in [9.17, 15) is 9.18 Å². The Balaban J connectivity index is 2.15. The molecule has 20 heavy (non-hydrogen) atoms. The van der Waals surface area contributed by atoms with Crippen LogP contribution in [0.1, 0.15) is 11.3 Å². The lowest BCUT2D eigenvalue weighted by molar-refractivity contribution is -0.110. The van der Waals surface area contributed by atoms with Crippen molar-refractivity contribution in [3.8, 4) is 0 Å². The number of benzene rings is 1. The molecule has 1 N–H and O–H groups in total. The summed E-state index contributed by atoms with van der Waals surface area (Å²) in [5.41, 5.74) is 1.43. The summed E-state index contributed by atoms with van der Waals surface area (Å²) in [4.78, 5) is 16.0. The summed E-state index contributed by atoms with van der Waals surface area (Å²) in [5.74, 6) is -0.931. The maximum absolute atomic E-state index is 13.9. The molecule has 0 saturated carbocycles. The van der Waals surface area contributed by atoms with Gasteiger partial charge in [-0.3, -0.25) is 4.79 Å². The molecule has 2 heterocycles. The zero-order chi connectivity index (χ0) is 14.3. The lowest BCUT2D eigenvalue weighted by Crippen LogP contribution is -2.03. The van der Waals surface area contributed by atoms with Crippen molar-refractivity contribution in [2.24, 2.45) is 0 Å². The Kier molecular flexibility index (Phi) is 3.20. The van der Waals surface area contributed by atoms with E-state index in [0.717, 1.165) is 0 Å². The zero-order valence-corrected chi connectivity index (χ0v) is 11.5. The van der Waals surface area contributed by atoms with Crippen LogP contribution in [0.3, 0.4) is 0 Å². The summed E-state index contributed by atoms with van der Waals surface area (Å²) in [6, 6.07) is 7.80. The predicted molar refractivity (Wildman–Crippen MR) is 77.2 cm³/mol. The van der Waals surface area contributed by atoms with E-state index >= 15 is 0 Å². The molecule has 2 aromatic rings. The smallest absolute Gasteiger partial charge is 0.258 e. The van der Waals surface area contributed by atoms with E-state index in [-0.39, 0.29) is 27.2 Å². The van der Waals surface area contributed by atoms with Gasteiger partial charge in [0.15, 0.2) is 0 Å². The highest BCUT2D eigenvalue weighted by molar-refractivity contribution is 6.35. The number of nitrogens with zero attached hydrogens (tertiary/aromatic N) is 1. The SMILES string of the molecule is O=C1Nc2ccc(Cl)nc2/C1=C\c1cccc(Cl)c1F. The maximum Gasteiger partial charge on any atom is 0.258 e. The molecular formula is C14H7Cl2FN2O. The Morgan fingerprint density at radius 1 is 1.20 bits per heavy atom. The molecule has 1 aliphatic rings. The van der Waals surface area contributed by atoms with Gasteiger partial charge >= 0.3 is 0 Å². The van der Waals surface area contributed by atoms with Crippen LogP contribution in [-0.4, -0.2) is 10.9 Å². The van der Waals surface area contributed by atoms with Crippen LogP contribution in [0.2, 0.25) is 10.2 Å². The third-order valence-corrected chi connectivity index (χ3v) is 3.39. The van der Waals surface area contributed by atoms with Gasteiger partial charge in [0.05, 0.1) is 16.3 Å². The largest absolute Gasteiger partial charge is 0.320 e. The first-order valence-electron chi connectivity index (χ1n) is 5.70. The van der Waals surface area contributed by atoms with E-state index in [4.69, 9.17) is 23.2 Å². The highest BCUT2D eigenvalue weighted by atomic mass is 35.5. The summed E-state index contributed by atoms with van der Waals surface area (Å²) >= 11 is 11.5. The fourth-order valence-electron chi connectivity index (χ4n) is 1.96. The number of rotatable bonds is 1. The lowest BCUT2D eigenvalue weighted by Gasteiger charge is -2.01. The third-order valence-electron chi connectivity index (χ3n) is 2.89. The Morgan fingerprint density at radius 3 is 2.80 bits per heavy atom. The molecule has 3 rings (SSSR count). The fraction of sp³-hybridized carbons (Fsp3) is 0. The van der Waals surface area contributed by atoms with E-state index in [1.807, 2.05) is 0 Å². The predicted octanol–water partition coefficient (Wildman–Crippen LogP) is 4.02. The van der Waals surface area contributed by atoms with Crippen molar-refractivity contribution in [3.63, 3.8) is 0 Å². The van der Waals surface area contributed by atoms with Gasteiger partial charge in [-0.2, -0.15) is 0 Å². The highest BCUT2D eigenvalue weighted by Crippen LogP contribution is 2.33. The van der Waals surface area contributed by atoms with Crippen LogP contribution in [0.15, 0.2) is 30.3 Å². The van der Waals surface area contributed by atoms with Gasteiger partial charge in [-0.25, -0.2) is 9.37 Å². The van der Waals surface area contributed by atoms with Gasteiger partial charge in [-0.15, -0.1) is 0 Å². The van der Waals surface area contributed by atoms with Crippen LogP contribution in [0.25, 0.3) is 11.6 Å². The minimum absolute atomic E-state index is 0.00275. The Hall–Kier alpha value is -1.91. The average molecular weight is 309 g/mol. The second-order valence-corrected chi connectivity index (χ2v) is 4.98. The molecule has 0 unspecified atom stereocenters. The van der Waals surface area contributed by atoms with Crippen LogP contribution in [-0.2, 0) is 4.79 Å². The topological polar surface area (TPSA) is 42.0 Å². The molecule has 3 nitrogen and oxygen atoms in total. The summed E-state index contributed by atoms with van der Waals surface area (Å²) in [6.07, 6.45) is 1.41. The van der Waals surface area contributed by atoms with E-state index < -0.39 is 5.82 Å². The fourth-order valence-corrected chi connectivity index (χ4v) is 2.29. The molecule has 6 heteroatoms. The minimum atomic E-state index is -0.579. The number of aromatic nitrogens is 1. The summed E-state index contributed by atoms with van der Waals surface area (Å²) < 4.78 is 13.9. The second-order valence-electron chi connectivity index (χ2n) is 4.19. The first-order chi connectivity index (χ1) is 9.56. The highest BCUT2D eigenvalue weighted by Gasteiger charge is 2.26. The minimum Gasteiger partial charge on any atom is -0.320 e. The van der Waals surface area contributed by atoms with Crippen LogP contribution in [0.5, 0.6) is 0 Å². The van der Waals surface area contributed by atoms with Crippen molar-refractivity contribution >= 4 is 46.4 Å². The monoisotopic (exact) mass is 308 g/mol. The summed E-state index contributed by atoms with van der Waals surface area (Å²) in [6.45, 7) is 0. The van der Waals surface area contributed by atoms with E-state index in [2.05, 4.69) is 10.3 Å². The van der Waals surface area contributed by atoms with Gasteiger partial charge in [0.25, 0.3) is 5.91 Å². The molecule has 0 atom stereocenters. The molecule has 0 radical (unpaired) electrons. The van der Waals surface area contributed by atoms with Gasteiger partial charge in [0.2, 0.25) is 0 Å². The van der Waals surface area contributed by atoms with Crippen LogP contribution < -0.4 is 5.32 Å². The number of carbonyl (C=O) groups is 1. The molecule has 1 aromatic carbocycles. The van der Waals surface area contributed by atoms with Crippen molar-refractivity contribution in [1.29, 1.82) is 0 Å². The number of pyridine rings is 1. The van der Waals surface area contributed by atoms with Crippen molar-refractivity contribution in [1.82, 2.24) is 4.98 Å². The zero-order valence-electron chi connectivity index (χ0n) is 9.95. The number of nitrogens with one attached hydrogen (secondary N) is 1. The number of amides is 1. The maximum atomic E-state index is 13.9. The average Bonchev–Trinajstić information content (AvgIpc) is 2.71. The summed E-state index contributed by atoms with van der Waals surface area (Å²) in [5, 5.41) is 2.90. The Morgan fingerprint density at radius 2 is 2.00 bits per heavy atom. The van der Waals surface area contributed by atoms with E-state index in [0.29, 0.717) is 11.4 Å². The molecule has 1 aliphatic heterocycles. The molecule has 0 bridgehead atoms. The Labute approximate surface area is 124 Å². The first-order valence-corrected chi connectivity index (χ1v) is 6.46. The van der Waals surface area contributed by atoms with Crippen molar-refractivity contribution in [3.05, 3.63) is 57.6 Å². The molecule has 0 spiro atoms. The van der Waals surface area contributed by atoms with Crippen molar-refractivity contribution in [2.45, 2.75) is 0 Å². The quantitative estimate of drug-likeness (QED) is 0.638. The second kappa shape index (κ2) is 4.89. The molecule has 0 saturated heterocycles. The van der Waals surface area contributed by atoms with Gasteiger partial charge < -0.3 is 5.32 Å². The molecule has 1 aromatic heterocycles. The number of fused-ring (bicyclic) bond motifs is 1. The molecule has 0 aliphatic carbocycles. The van der Waals surface area contributed by atoms with Crippen LogP contribution >= 0.6 is 23.2 Å². The van der Waals surface area contributed by atoms with Crippen molar-refractivity contribution in [2.75, 3.05) is 5.32 Å². The van der Waals surface area contributed by atoms with E-state index in [1.165, 1.54) is 18.2 Å².